The molecule has 1 aliphatic heterocycles. The van der Waals surface area contributed by atoms with E-state index < -0.39 is 0 Å². The van der Waals surface area contributed by atoms with Crippen molar-refractivity contribution in [3.63, 3.8) is 0 Å². The van der Waals surface area contributed by atoms with Crippen molar-refractivity contribution < 1.29 is 9.53 Å². The molecule has 1 aromatic heterocycles. The molecule has 2 N–H and O–H groups in total. The lowest BCUT2D eigenvalue weighted by Crippen LogP contribution is -2.25. The average Bonchev–Trinajstić information content (AvgIpc) is 3.19. The molecular weight excluding hydrogens is 396 g/mol. The summed E-state index contributed by atoms with van der Waals surface area (Å²) in [6.07, 6.45) is 1.98. The number of carbonyl (C=O) groups is 1. The number of ether oxygens (including phenoxy) is 1. The largest absolute Gasteiger partial charge is 0.376 e. The third-order valence-corrected chi connectivity index (χ3v) is 5.10. The second kappa shape index (κ2) is 8.00. The van der Waals surface area contributed by atoms with Gasteiger partial charge in [0.05, 0.1) is 18.4 Å². The van der Waals surface area contributed by atoms with E-state index in [1.165, 1.54) is 16.3 Å². The number of hydrogen-bond donors (Lipinski definition) is 2. The lowest BCUT2D eigenvalue weighted by molar-refractivity contribution is -0.113. The number of thioether (sulfide) groups is 1. The first-order valence-electron chi connectivity index (χ1n) is 7.57. The summed E-state index contributed by atoms with van der Waals surface area (Å²) in [6.45, 7) is 1.20. The molecule has 1 atom stereocenters. The molecule has 128 valence electrons. The van der Waals surface area contributed by atoms with Gasteiger partial charge in [-0.3, -0.25) is 9.36 Å². The number of halogens is 1. The van der Waals surface area contributed by atoms with Crippen molar-refractivity contribution in [2.45, 2.75) is 30.6 Å². The standard InChI is InChI=1S/C15H17BrN4O3S/c16-10-3-5-11(6-4-10)17-13(21)9-24-15-19-18-14(22)20(15)8-12-2-1-7-23-12/h3-6,12H,1-2,7-9H2,(H,17,21)(H,18,22)/t12-/m1/s1. The van der Waals surface area contributed by atoms with Crippen molar-refractivity contribution in [3.8, 4) is 0 Å². The number of nitrogens with zero attached hydrogens (tertiary/aromatic N) is 2. The highest BCUT2D eigenvalue weighted by molar-refractivity contribution is 9.10. The summed E-state index contributed by atoms with van der Waals surface area (Å²) in [6, 6.07) is 7.34. The molecule has 1 fully saturated rings. The van der Waals surface area contributed by atoms with Crippen LogP contribution in [0.15, 0.2) is 38.7 Å². The Hall–Kier alpha value is -1.58. The molecule has 0 spiro atoms. The Morgan fingerprint density at radius 2 is 2.25 bits per heavy atom. The normalized spacial score (nSPS) is 17.1. The molecule has 24 heavy (non-hydrogen) atoms. The van der Waals surface area contributed by atoms with Gasteiger partial charge in [0.25, 0.3) is 0 Å². The van der Waals surface area contributed by atoms with Crippen molar-refractivity contribution in [2.75, 3.05) is 17.7 Å². The smallest absolute Gasteiger partial charge is 0.344 e. The van der Waals surface area contributed by atoms with Crippen molar-refractivity contribution in [3.05, 3.63) is 39.2 Å². The lowest BCUT2D eigenvalue weighted by Gasteiger charge is -2.11. The zero-order chi connectivity index (χ0) is 16.9. The second-order valence-corrected chi connectivity index (χ2v) is 7.26. The van der Waals surface area contributed by atoms with E-state index in [0.29, 0.717) is 11.7 Å². The molecule has 1 aliphatic rings. The van der Waals surface area contributed by atoms with Crippen molar-refractivity contribution in [2.24, 2.45) is 0 Å². The minimum Gasteiger partial charge on any atom is -0.376 e. The van der Waals surface area contributed by atoms with Gasteiger partial charge in [-0.25, -0.2) is 9.89 Å². The highest BCUT2D eigenvalue weighted by Crippen LogP contribution is 2.19. The van der Waals surface area contributed by atoms with Gasteiger partial charge in [0.1, 0.15) is 0 Å². The van der Waals surface area contributed by atoms with Crippen molar-refractivity contribution in [1.29, 1.82) is 0 Å². The molecule has 9 heteroatoms. The van der Waals surface area contributed by atoms with Crippen LogP contribution in [-0.4, -0.2) is 39.1 Å². The number of carbonyl (C=O) groups excluding carboxylic acids is 1. The molecule has 2 heterocycles. The van der Waals surface area contributed by atoms with Crippen LogP contribution in [0.2, 0.25) is 0 Å². The van der Waals surface area contributed by atoms with Gasteiger partial charge in [0.2, 0.25) is 5.91 Å². The van der Waals surface area contributed by atoms with Gasteiger partial charge in [-0.05, 0) is 37.1 Å². The molecular formula is C15H17BrN4O3S. The topological polar surface area (TPSA) is 89.0 Å². The second-order valence-electron chi connectivity index (χ2n) is 5.40. The molecule has 2 aromatic rings. The maximum absolute atomic E-state index is 12.0. The number of benzene rings is 1. The first kappa shape index (κ1) is 17.2. The van der Waals surface area contributed by atoms with Crippen LogP contribution in [0.4, 0.5) is 5.69 Å². The monoisotopic (exact) mass is 412 g/mol. The van der Waals surface area contributed by atoms with E-state index in [1.807, 2.05) is 24.3 Å². The number of nitrogens with one attached hydrogen (secondary N) is 2. The minimum atomic E-state index is -0.277. The fraction of sp³-hybridized carbons (Fsp3) is 0.400. The molecule has 3 rings (SSSR count). The molecule has 7 nitrogen and oxygen atoms in total. The van der Waals surface area contributed by atoms with Crippen LogP contribution in [0.1, 0.15) is 12.8 Å². The number of aromatic nitrogens is 3. The van der Waals surface area contributed by atoms with Gasteiger partial charge < -0.3 is 10.1 Å². The third kappa shape index (κ3) is 4.49. The summed E-state index contributed by atoms with van der Waals surface area (Å²) in [5.41, 5.74) is 0.448. The summed E-state index contributed by atoms with van der Waals surface area (Å²) in [4.78, 5) is 23.9. The summed E-state index contributed by atoms with van der Waals surface area (Å²) < 4.78 is 8.04. The number of anilines is 1. The first-order chi connectivity index (χ1) is 11.6. The average molecular weight is 413 g/mol. The fourth-order valence-corrected chi connectivity index (χ4v) is 3.45. The van der Waals surface area contributed by atoms with E-state index in [0.717, 1.165) is 29.6 Å². The molecule has 0 aliphatic carbocycles. The van der Waals surface area contributed by atoms with Gasteiger partial charge in [-0.15, -0.1) is 5.10 Å². The highest BCUT2D eigenvalue weighted by atomic mass is 79.9. The van der Waals surface area contributed by atoms with Crippen LogP contribution in [0.25, 0.3) is 0 Å². The minimum absolute atomic E-state index is 0.0382. The summed E-state index contributed by atoms with van der Waals surface area (Å²) >= 11 is 4.57. The Bertz CT molecular complexity index is 753. The van der Waals surface area contributed by atoms with Gasteiger partial charge in [-0.1, -0.05) is 27.7 Å². The fourth-order valence-electron chi connectivity index (χ4n) is 2.43. The maximum Gasteiger partial charge on any atom is 0.344 e. The van der Waals surface area contributed by atoms with Crippen LogP contribution in [0, 0.1) is 0 Å². The summed E-state index contributed by atoms with van der Waals surface area (Å²) in [5, 5.41) is 9.74. The van der Waals surface area contributed by atoms with Crippen LogP contribution < -0.4 is 11.0 Å². The van der Waals surface area contributed by atoms with Crippen molar-refractivity contribution >= 4 is 39.3 Å². The summed E-state index contributed by atoms with van der Waals surface area (Å²) in [7, 11) is 0. The predicted octanol–water partition coefficient (Wildman–Crippen LogP) is 2.24. The Kier molecular flexibility index (Phi) is 5.75. The third-order valence-electron chi connectivity index (χ3n) is 3.59. The lowest BCUT2D eigenvalue weighted by atomic mass is 10.2. The molecule has 0 bridgehead atoms. The van der Waals surface area contributed by atoms with Gasteiger partial charge in [-0.2, -0.15) is 0 Å². The molecule has 0 saturated carbocycles. The van der Waals surface area contributed by atoms with E-state index in [4.69, 9.17) is 4.74 Å². The zero-order valence-corrected chi connectivity index (χ0v) is 15.2. The molecule has 0 radical (unpaired) electrons. The van der Waals surface area contributed by atoms with Crippen LogP contribution in [-0.2, 0) is 16.1 Å². The van der Waals surface area contributed by atoms with E-state index in [9.17, 15) is 9.59 Å². The predicted molar refractivity (Wildman–Crippen MR) is 95.3 cm³/mol. The number of rotatable bonds is 6. The Morgan fingerprint density at radius 3 is 2.96 bits per heavy atom. The molecule has 1 saturated heterocycles. The number of hydrogen-bond acceptors (Lipinski definition) is 5. The Morgan fingerprint density at radius 1 is 1.46 bits per heavy atom. The first-order valence-corrected chi connectivity index (χ1v) is 9.35. The SMILES string of the molecule is O=C(CSc1n[nH]c(=O)n1C[C@H]1CCCO1)Nc1ccc(Br)cc1. The zero-order valence-electron chi connectivity index (χ0n) is 12.8. The van der Waals surface area contributed by atoms with E-state index >= 15 is 0 Å². The molecule has 0 unspecified atom stereocenters. The van der Waals surface area contributed by atoms with Gasteiger partial charge in [0.15, 0.2) is 5.16 Å². The molecule has 1 amide bonds. The quantitative estimate of drug-likeness (QED) is 0.710. The number of aromatic amines is 1. The molecule has 1 aromatic carbocycles. The number of H-pyrrole nitrogens is 1. The van der Waals surface area contributed by atoms with E-state index in [2.05, 4.69) is 31.4 Å². The van der Waals surface area contributed by atoms with E-state index in [-0.39, 0.29) is 23.5 Å². The van der Waals surface area contributed by atoms with Crippen LogP contribution >= 0.6 is 27.7 Å². The van der Waals surface area contributed by atoms with Crippen LogP contribution in [0.5, 0.6) is 0 Å². The number of amides is 1. The van der Waals surface area contributed by atoms with Crippen molar-refractivity contribution in [1.82, 2.24) is 14.8 Å². The van der Waals surface area contributed by atoms with Gasteiger partial charge >= 0.3 is 5.69 Å². The van der Waals surface area contributed by atoms with Crippen LogP contribution in [0.3, 0.4) is 0 Å². The maximum atomic E-state index is 12.0. The van der Waals surface area contributed by atoms with Gasteiger partial charge in [0, 0.05) is 16.8 Å². The Balaban J connectivity index is 1.57. The Labute approximate surface area is 151 Å². The summed E-state index contributed by atoms with van der Waals surface area (Å²) in [5.74, 6) is 0.0211. The van der Waals surface area contributed by atoms with E-state index in [1.54, 1.807) is 0 Å². The highest BCUT2D eigenvalue weighted by Gasteiger charge is 2.20.